The van der Waals surface area contributed by atoms with Crippen molar-refractivity contribution in [2.24, 2.45) is 11.3 Å². The zero-order valence-corrected chi connectivity index (χ0v) is 14.1. The first-order chi connectivity index (χ1) is 12.0. The molecule has 0 spiro atoms. The predicted octanol–water partition coefficient (Wildman–Crippen LogP) is 1.37. The van der Waals surface area contributed by atoms with Crippen molar-refractivity contribution in [3.05, 3.63) is 68.5 Å². The number of aryl methyl sites for hydroxylation is 1. The van der Waals surface area contributed by atoms with Crippen molar-refractivity contribution in [2.45, 2.75) is 38.5 Å². The van der Waals surface area contributed by atoms with Crippen LogP contribution in [0.2, 0.25) is 0 Å². The van der Waals surface area contributed by atoms with Gasteiger partial charge in [0.1, 0.15) is 0 Å². The van der Waals surface area contributed by atoms with E-state index in [2.05, 4.69) is 4.98 Å². The summed E-state index contributed by atoms with van der Waals surface area (Å²) in [6.45, 7) is 2.69. The van der Waals surface area contributed by atoms with Crippen LogP contribution in [0, 0.1) is 18.3 Å². The van der Waals surface area contributed by atoms with Crippen molar-refractivity contribution in [1.82, 2.24) is 9.55 Å². The van der Waals surface area contributed by atoms with Gasteiger partial charge in [0.25, 0.3) is 5.56 Å². The maximum atomic E-state index is 12.1. The molecule has 2 saturated carbocycles. The molecule has 4 atom stereocenters. The highest BCUT2D eigenvalue weighted by atomic mass is 16.5. The minimum atomic E-state index is -0.489. The Kier molecular flexibility index (Phi) is 3.89. The van der Waals surface area contributed by atoms with Gasteiger partial charge in [0.15, 0.2) is 0 Å². The number of fused-ring (bicyclic) bond motifs is 1. The molecule has 0 bridgehead atoms. The first kappa shape index (κ1) is 16.3. The SMILES string of the molecule is Cc1cn([C@H]2C[C@H](O)[C@]3(COCc4ccccc4)C[C@H]23)c(=O)[nH]c1=O. The van der Waals surface area contributed by atoms with E-state index in [1.54, 1.807) is 17.7 Å². The molecule has 0 amide bonds. The van der Waals surface area contributed by atoms with Crippen molar-refractivity contribution < 1.29 is 9.84 Å². The fraction of sp³-hybridized carbons (Fsp3) is 0.474. The standard InChI is InChI=1S/C19H22N2O4/c1-12-9-21(18(24)20-17(12)23)15-7-16(22)19(8-14(15)19)11-25-10-13-5-3-2-4-6-13/h2-6,9,14-16,22H,7-8,10-11H2,1H3,(H,20,23,24)/t14-,15+,16+,19+/m1/s1. The lowest BCUT2D eigenvalue weighted by atomic mass is 10.0. The van der Waals surface area contributed by atoms with Crippen LogP contribution in [0.25, 0.3) is 0 Å². The molecule has 1 heterocycles. The molecule has 0 unspecified atom stereocenters. The van der Waals surface area contributed by atoms with Crippen molar-refractivity contribution in [3.8, 4) is 0 Å². The van der Waals surface area contributed by atoms with E-state index in [-0.39, 0.29) is 22.9 Å². The van der Waals surface area contributed by atoms with Crippen LogP contribution >= 0.6 is 0 Å². The van der Waals surface area contributed by atoms with Crippen molar-refractivity contribution in [1.29, 1.82) is 0 Å². The predicted molar refractivity (Wildman–Crippen MR) is 92.4 cm³/mol. The summed E-state index contributed by atoms with van der Waals surface area (Å²) in [5, 5.41) is 10.6. The lowest BCUT2D eigenvalue weighted by Crippen LogP contribution is -2.33. The molecular formula is C19H22N2O4. The first-order valence-corrected chi connectivity index (χ1v) is 8.63. The molecule has 2 aromatic rings. The highest BCUT2D eigenvalue weighted by Gasteiger charge is 2.67. The zero-order chi connectivity index (χ0) is 17.6. The largest absolute Gasteiger partial charge is 0.392 e. The number of nitrogens with zero attached hydrogens (tertiary/aromatic N) is 1. The number of rotatable bonds is 5. The van der Waals surface area contributed by atoms with Crippen LogP contribution in [-0.4, -0.2) is 27.4 Å². The molecule has 0 radical (unpaired) electrons. The summed E-state index contributed by atoms with van der Waals surface area (Å²) in [6, 6.07) is 9.86. The monoisotopic (exact) mass is 342 g/mol. The summed E-state index contributed by atoms with van der Waals surface area (Å²) >= 11 is 0. The topological polar surface area (TPSA) is 84.3 Å². The lowest BCUT2D eigenvalue weighted by Gasteiger charge is -2.18. The molecule has 0 saturated heterocycles. The maximum absolute atomic E-state index is 12.1. The number of aromatic amines is 1. The minimum Gasteiger partial charge on any atom is -0.392 e. The number of aromatic nitrogens is 2. The summed E-state index contributed by atoms with van der Waals surface area (Å²) in [7, 11) is 0. The molecule has 0 aliphatic heterocycles. The normalized spacial score (nSPS) is 30.2. The minimum absolute atomic E-state index is 0.0848. The number of hydrogen-bond acceptors (Lipinski definition) is 4. The Hall–Kier alpha value is -2.18. The summed E-state index contributed by atoms with van der Waals surface area (Å²) in [4.78, 5) is 26.1. The van der Waals surface area contributed by atoms with Crippen molar-refractivity contribution in [2.75, 3.05) is 6.61 Å². The fourth-order valence-corrected chi connectivity index (χ4v) is 4.22. The van der Waals surface area contributed by atoms with E-state index in [9.17, 15) is 14.7 Å². The molecule has 2 aliphatic rings. The Morgan fingerprint density at radius 3 is 2.80 bits per heavy atom. The highest BCUT2D eigenvalue weighted by molar-refractivity contribution is 5.18. The van der Waals surface area contributed by atoms with Crippen LogP contribution in [0.4, 0.5) is 0 Å². The van der Waals surface area contributed by atoms with Gasteiger partial charge in [-0.25, -0.2) is 4.79 Å². The van der Waals surface area contributed by atoms with E-state index >= 15 is 0 Å². The summed E-state index contributed by atoms with van der Waals surface area (Å²) in [5.74, 6) is 0.210. The summed E-state index contributed by atoms with van der Waals surface area (Å²) in [5.41, 5.74) is 0.595. The van der Waals surface area contributed by atoms with Crippen LogP contribution in [-0.2, 0) is 11.3 Å². The average Bonchev–Trinajstić information content (AvgIpc) is 3.26. The molecule has 1 aromatic carbocycles. The smallest absolute Gasteiger partial charge is 0.328 e. The van der Waals surface area contributed by atoms with Gasteiger partial charge in [-0.1, -0.05) is 30.3 Å². The number of H-pyrrole nitrogens is 1. The maximum Gasteiger partial charge on any atom is 0.328 e. The molecule has 2 N–H and O–H groups in total. The van der Waals surface area contributed by atoms with E-state index in [4.69, 9.17) is 4.74 Å². The van der Waals surface area contributed by atoms with E-state index in [0.717, 1.165) is 12.0 Å². The van der Waals surface area contributed by atoms with Gasteiger partial charge in [0.05, 0.1) is 19.3 Å². The summed E-state index contributed by atoms with van der Waals surface area (Å²) in [6.07, 6.45) is 2.48. The van der Waals surface area contributed by atoms with E-state index in [0.29, 0.717) is 25.2 Å². The molecule has 2 aliphatic carbocycles. The van der Waals surface area contributed by atoms with Gasteiger partial charge in [-0.2, -0.15) is 0 Å². The number of ether oxygens (including phenoxy) is 1. The third-order valence-electron chi connectivity index (χ3n) is 5.76. The molecule has 6 nitrogen and oxygen atoms in total. The lowest BCUT2D eigenvalue weighted by molar-refractivity contribution is 0.0134. The van der Waals surface area contributed by atoms with Gasteiger partial charge in [-0.3, -0.25) is 14.3 Å². The number of benzene rings is 1. The number of hydrogen-bond donors (Lipinski definition) is 2. The van der Waals surface area contributed by atoms with Crippen LogP contribution < -0.4 is 11.2 Å². The second-order valence-corrected chi connectivity index (χ2v) is 7.32. The Balaban J connectivity index is 1.47. The molecule has 132 valence electrons. The Morgan fingerprint density at radius 2 is 2.08 bits per heavy atom. The summed E-state index contributed by atoms with van der Waals surface area (Å²) < 4.78 is 7.45. The van der Waals surface area contributed by atoms with Gasteiger partial charge in [-0.15, -0.1) is 0 Å². The zero-order valence-electron chi connectivity index (χ0n) is 14.1. The van der Waals surface area contributed by atoms with Gasteiger partial charge in [0, 0.05) is 23.2 Å². The van der Waals surface area contributed by atoms with Gasteiger partial charge < -0.3 is 9.84 Å². The first-order valence-electron chi connectivity index (χ1n) is 8.63. The van der Waals surface area contributed by atoms with Crippen LogP contribution in [0.3, 0.4) is 0 Å². The molecule has 1 aromatic heterocycles. The van der Waals surface area contributed by atoms with Gasteiger partial charge in [0.2, 0.25) is 0 Å². The van der Waals surface area contributed by atoms with Crippen LogP contribution in [0.15, 0.2) is 46.1 Å². The second kappa shape index (κ2) is 5.97. The number of nitrogens with one attached hydrogen (secondary N) is 1. The van der Waals surface area contributed by atoms with Crippen LogP contribution in [0.5, 0.6) is 0 Å². The third kappa shape index (κ3) is 2.75. The van der Waals surface area contributed by atoms with Gasteiger partial charge in [-0.05, 0) is 31.2 Å². The van der Waals surface area contributed by atoms with Crippen molar-refractivity contribution in [3.63, 3.8) is 0 Å². The van der Waals surface area contributed by atoms with Crippen molar-refractivity contribution >= 4 is 0 Å². The van der Waals surface area contributed by atoms with E-state index < -0.39 is 11.8 Å². The number of aliphatic hydroxyl groups is 1. The highest BCUT2D eigenvalue weighted by Crippen LogP contribution is 2.67. The molecule has 6 heteroatoms. The van der Waals surface area contributed by atoms with E-state index in [1.807, 2.05) is 30.3 Å². The average molecular weight is 342 g/mol. The second-order valence-electron chi connectivity index (χ2n) is 7.32. The molecule has 2 fully saturated rings. The molecule has 4 rings (SSSR count). The Bertz CT molecular complexity index is 888. The molecule has 25 heavy (non-hydrogen) atoms. The Morgan fingerprint density at radius 1 is 1.32 bits per heavy atom. The molecular weight excluding hydrogens is 320 g/mol. The van der Waals surface area contributed by atoms with Crippen LogP contribution in [0.1, 0.15) is 30.0 Å². The number of aliphatic hydroxyl groups excluding tert-OH is 1. The van der Waals surface area contributed by atoms with E-state index in [1.165, 1.54) is 0 Å². The fourth-order valence-electron chi connectivity index (χ4n) is 4.22. The quantitative estimate of drug-likeness (QED) is 0.860. The van der Waals surface area contributed by atoms with Gasteiger partial charge >= 0.3 is 5.69 Å². The Labute approximate surface area is 145 Å². The third-order valence-corrected chi connectivity index (χ3v) is 5.76.